The van der Waals surface area contributed by atoms with Crippen LogP contribution in [0.25, 0.3) is 0 Å². The zero-order valence-corrected chi connectivity index (χ0v) is 75.6. The fourth-order valence-electron chi connectivity index (χ4n) is 10.8. The molecular weight excluding hydrogens is 1600 g/mol. The Labute approximate surface area is 749 Å². The average Bonchev–Trinajstić information content (AvgIpc) is 0.852. The SMILES string of the molecule is C=CCNC(=O)Nc1cccc(C)c1.CCCCNC(=O)Nc1cccc(C)c1.CCCNC(=O)Nc1cccc(C)c1.COc1ccc(NC(=O)c2ccc(C)cc2)cc1OC.Cc1ccc(C(=O)Nc2ccccc2)cc1.Cc1cccc(NC(=O)NC(C)C)c1.Cc1cccc(NC(=O)NCCCl)c1.Cc1cccc(NC(=O)NCCc2ccccc2)c1. The number of carbonyl (C=O) groups is 8. The van der Waals surface area contributed by atoms with Crippen molar-refractivity contribution < 1.29 is 47.8 Å². The summed E-state index contributed by atoms with van der Waals surface area (Å²) in [5.41, 5.74) is 17.9. The van der Waals surface area contributed by atoms with Crippen LogP contribution in [0.4, 0.5) is 74.3 Å². The van der Waals surface area contributed by atoms with Gasteiger partial charge in [0.25, 0.3) is 11.8 Å². The molecular formula is C101H125ClN14O10. The molecule has 0 aliphatic rings. The normalized spacial score (nSPS) is 9.75. The number of anilines is 8. The first kappa shape index (κ1) is 104. The van der Waals surface area contributed by atoms with Crippen molar-refractivity contribution in [3.8, 4) is 11.5 Å². The predicted octanol–water partition coefficient (Wildman–Crippen LogP) is 22.5. The van der Waals surface area contributed by atoms with Crippen molar-refractivity contribution in [2.75, 3.05) is 95.4 Å². The summed E-state index contributed by atoms with van der Waals surface area (Å²) in [6.45, 7) is 30.4. The van der Waals surface area contributed by atoms with Gasteiger partial charge in [-0.3, -0.25) is 9.59 Å². The molecule has 25 heteroatoms. The number of unbranched alkanes of at least 4 members (excludes halogenated alkanes) is 1. The van der Waals surface area contributed by atoms with Crippen molar-refractivity contribution in [3.05, 3.63) is 347 Å². The van der Waals surface area contributed by atoms with Gasteiger partial charge >= 0.3 is 36.2 Å². The molecule has 0 bridgehead atoms. The second-order valence-electron chi connectivity index (χ2n) is 29.0. The molecule has 0 saturated heterocycles. The number of benzene rings is 11. The summed E-state index contributed by atoms with van der Waals surface area (Å²) in [5.74, 6) is 1.39. The quantitative estimate of drug-likeness (QED) is 0.0146. The molecule has 14 amide bonds. The number of methoxy groups -OCH3 is 2. The highest BCUT2D eigenvalue weighted by Gasteiger charge is 2.12. The van der Waals surface area contributed by atoms with Crippen LogP contribution in [0, 0.1) is 55.4 Å². The largest absolute Gasteiger partial charge is 0.493 e. The smallest absolute Gasteiger partial charge is 0.319 e. The lowest BCUT2D eigenvalue weighted by molar-refractivity contribution is 0.101. The molecule has 24 nitrogen and oxygen atoms in total. The number of rotatable bonds is 25. The molecule has 0 aliphatic carbocycles. The van der Waals surface area contributed by atoms with E-state index in [2.05, 4.69) is 100 Å². The van der Waals surface area contributed by atoms with Gasteiger partial charge in [-0.2, -0.15) is 0 Å². The monoisotopic (exact) mass is 1730 g/mol. The first-order valence-electron chi connectivity index (χ1n) is 41.6. The minimum atomic E-state index is -0.226. The second-order valence-corrected chi connectivity index (χ2v) is 29.3. The Balaban J connectivity index is 0.000000303. The van der Waals surface area contributed by atoms with Gasteiger partial charge in [0.05, 0.1) is 14.2 Å². The van der Waals surface area contributed by atoms with E-state index in [0.29, 0.717) is 60.4 Å². The van der Waals surface area contributed by atoms with Crippen LogP contribution in [0.1, 0.15) is 118 Å². The van der Waals surface area contributed by atoms with Gasteiger partial charge in [0, 0.05) is 107 Å². The highest BCUT2D eigenvalue weighted by atomic mass is 35.5. The van der Waals surface area contributed by atoms with E-state index in [0.717, 1.165) is 117 Å². The van der Waals surface area contributed by atoms with Gasteiger partial charge < -0.3 is 83.9 Å². The fraction of sp³-hybridized carbons (Fsp3) is 0.248. The molecule has 0 radical (unpaired) electrons. The summed E-state index contributed by atoms with van der Waals surface area (Å²) in [4.78, 5) is 92.0. The first-order chi connectivity index (χ1) is 60.6. The predicted molar refractivity (Wildman–Crippen MR) is 520 cm³/mol. The zero-order valence-electron chi connectivity index (χ0n) is 74.9. The summed E-state index contributed by atoms with van der Waals surface area (Å²) in [6, 6.07) is 85.0. The topological polar surface area (TPSA) is 323 Å². The van der Waals surface area contributed by atoms with E-state index in [-0.39, 0.29) is 54.0 Å². The van der Waals surface area contributed by atoms with Crippen molar-refractivity contribution >= 4 is 105 Å². The van der Waals surface area contributed by atoms with Crippen molar-refractivity contribution in [3.63, 3.8) is 0 Å². The summed E-state index contributed by atoms with van der Waals surface area (Å²) in [6.07, 6.45) is 5.52. The number of ether oxygens (including phenoxy) is 2. The number of para-hydroxylation sites is 1. The van der Waals surface area contributed by atoms with Crippen LogP contribution in [0.15, 0.2) is 286 Å². The summed E-state index contributed by atoms with van der Waals surface area (Å²) in [7, 11) is 3.13. The Morgan fingerprint density at radius 2 is 0.651 bits per heavy atom. The van der Waals surface area contributed by atoms with Gasteiger partial charge in [-0.1, -0.05) is 183 Å². The molecule has 0 saturated carbocycles. The van der Waals surface area contributed by atoms with E-state index in [4.69, 9.17) is 21.1 Å². The van der Waals surface area contributed by atoms with Crippen LogP contribution in [-0.4, -0.2) is 107 Å². The molecule has 11 rings (SSSR count). The molecule has 0 aromatic heterocycles. The Bertz CT molecular complexity index is 5030. The van der Waals surface area contributed by atoms with E-state index in [1.54, 1.807) is 50.6 Å². The minimum absolute atomic E-state index is 0.0776. The lowest BCUT2D eigenvalue weighted by Crippen LogP contribution is -2.34. The van der Waals surface area contributed by atoms with Crippen LogP contribution in [0.5, 0.6) is 11.5 Å². The number of alkyl halides is 1. The first-order valence-corrected chi connectivity index (χ1v) is 42.1. The van der Waals surface area contributed by atoms with Crippen molar-refractivity contribution in [1.82, 2.24) is 31.9 Å². The maximum Gasteiger partial charge on any atom is 0.319 e. The van der Waals surface area contributed by atoms with Gasteiger partial charge in [-0.15, -0.1) is 18.2 Å². The van der Waals surface area contributed by atoms with Crippen LogP contribution in [-0.2, 0) is 6.42 Å². The summed E-state index contributed by atoms with van der Waals surface area (Å²) >= 11 is 5.43. The molecule has 14 N–H and O–H groups in total. The lowest BCUT2D eigenvalue weighted by Gasteiger charge is -2.10. The molecule has 126 heavy (non-hydrogen) atoms. The number of aryl methyl sites for hydroxylation is 8. The summed E-state index contributed by atoms with van der Waals surface area (Å²) < 4.78 is 10.4. The van der Waals surface area contributed by atoms with Crippen molar-refractivity contribution in [1.29, 1.82) is 0 Å². The molecule has 0 atom stereocenters. The molecule has 0 fully saturated rings. The van der Waals surface area contributed by atoms with Crippen LogP contribution < -0.4 is 83.9 Å². The third kappa shape index (κ3) is 47.1. The number of halogens is 1. The van der Waals surface area contributed by atoms with Gasteiger partial charge in [-0.25, -0.2) is 28.8 Å². The number of urea groups is 6. The van der Waals surface area contributed by atoms with E-state index < -0.39 is 0 Å². The standard InChI is InChI=1S/C16H18N2O.C16H17NO3.C14H13NO.C12H18N2O.2C11H16N2O.C11H14N2O.C10H13ClN2O/c1-13-6-5-9-15(12-13)18-16(19)17-11-10-14-7-3-2-4-8-14;1-11-4-6-12(7-5-11)16(18)17-13-8-9-14(19-2)15(10-13)20-3;1-11-7-9-12(10-8-11)14(16)15-13-5-3-2-4-6-13;1-3-4-8-13-12(15)14-11-7-5-6-10(2)9-11;1-8(2)12-11(14)13-10-6-4-5-9(3)7-10;2*1-3-7-12-11(14)13-10-6-4-5-9(2)8-10;1-8-3-2-4-9(7-8)13-10(14)12-6-5-11/h2-9,12H,10-11H2,1H3,(H2,17,18,19);4-10H,1-3H3,(H,17,18);2-10H,1H3,(H,15,16);5-7,9H,3-4,8H2,1-2H3,(H2,13,14,15);4-8H,1-3H3,(H2,12,13,14);4-6,8H,3,7H2,1-2H3,(H2,12,13,14);3-6,8H,1,7H2,2H3,(H2,12,13,14);2-4,7H,5-6H2,1H3,(H2,12,13,14). The van der Waals surface area contributed by atoms with Gasteiger partial charge in [0.2, 0.25) is 0 Å². The molecule has 11 aromatic carbocycles. The molecule has 0 spiro atoms. The van der Waals surface area contributed by atoms with Crippen LogP contribution in [0.2, 0.25) is 0 Å². The number of amides is 14. The Hall–Kier alpha value is -14.4. The Kier molecular flexibility index (Phi) is 50.3. The number of hydrogen-bond acceptors (Lipinski definition) is 10. The summed E-state index contributed by atoms with van der Waals surface area (Å²) in [5, 5.41) is 38.7. The molecule has 11 aromatic rings. The third-order valence-electron chi connectivity index (χ3n) is 17.1. The van der Waals surface area contributed by atoms with Crippen LogP contribution in [0.3, 0.4) is 0 Å². The third-order valence-corrected chi connectivity index (χ3v) is 17.2. The Morgan fingerprint density at radius 1 is 0.325 bits per heavy atom. The molecule has 0 unspecified atom stereocenters. The maximum absolute atomic E-state index is 12.1. The van der Waals surface area contributed by atoms with E-state index >= 15 is 0 Å². The van der Waals surface area contributed by atoms with Gasteiger partial charge in [-0.05, 0) is 249 Å². The highest BCUT2D eigenvalue weighted by Crippen LogP contribution is 2.30. The van der Waals surface area contributed by atoms with Gasteiger partial charge in [0.15, 0.2) is 11.5 Å². The number of nitrogens with one attached hydrogen (secondary N) is 14. The molecule has 0 aliphatic heterocycles. The molecule has 666 valence electrons. The van der Waals surface area contributed by atoms with Crippen molar-refractivity contribution in [2.24, 2.45) is 0 Å². The fourth-order valence-corrected chi connectivity index (χ4v) is 10.9. The molecule has 0 heterocycles. The number of hydrogen-bond donors (Lipinski definition) is 14. The van der Waals surface area contributed by atoms with Gasteiger partial charge in [0.1, 0.15) is 0 Å². The second kappa shape index (κ2) is 61.0. The zero-order chi connectivity index (χ0) is 92.2. The minimum Gasteiger partial charge on any atom is -0.493 e. The number of carbonyl (C=O) groups excluding carboxylic acids is 8. The maximum atomic E-state index is 12.1. The van der Waals surface area contributed by atoms with Crippen molar-refractivity contribution in [2.45, 2.75) is 115 Å². The highest BCUT2D eigenvalue weighted by molar-refractivity contribution is 6.18. The average molecular weight is 1730 g/mol. The Morgan fingerprint density at radius 3 is 0.992 bits per heavy atom. The van der Waals surface area contributed by atoms with E-state index in [9.17, 15) is 38.4 Å². The lowest BCUT2D eigenvalue weighted by atomic mass is 10.1. The van der Waals surface area contributed by atoms with E-state index in [1.807, 2.05) is 307 Å². The van der Waals surface area contributed by atoms with E-state index in [1.165, 1.54) is 5.56 Å². The van der Waals surface area contributed by atoms with Crippen LogP contribution >= 0.6 is 11.6 Å².